The van der Waals surface area contributed by atoms with Gasteiger partial charge in [0.15, 0.2) is 0 Å². The van der Waals surface area contributed by atoms with E-state index < -0.39 is 10.1 Å². The summed E-state index contributed by atoms with van der Waals surface area (Å²) < 4.78 is 26.1. The van der Waals surface area contributed by atoms with Gasteiger partial charge in [0, 0.05) is 0 Å². The van der Waals surface area contributed by atoms with E-state index >= 15 is 0 Å². The second-order valence-corrected chi connectivity index (χ2v) is 5.11. The predicted octanol–water partition coefficient (Wildman–Crippen LogP) is 1.28. The van der Waals surface area contributed by atoms with Crippen molar-refractivity contribution in [2.45, 2.75) is 20.8 Å². The molecule has 4 heteroatoms. The fourth-order valence-electron chi connectivity index (χ4n) is 0.781. The number of rotatable bonds is 0. The molecule has 0 bridgehead atoms. The number of hydrogen-bond acceptors (Lipinski definition) is 3. The summed E-state index contributed by atoms with van der Waals surface area (Å²) in [4.78, 5) is 0. The molecule has 3 nitrogen and oxygen atoms in total. The van der Waals surface area contributed by atoms with Crippen LogP contribution < -0.4 is 0 Å². The molecule has 0 saturated heterocycles. The third kappa shape index (κ3) is 2.04. The van der Waals surface area contributed by atoms with Gasteiger partial charge in [-0.15, -0.1) is 0 Å². The largest absolute Gasteiger partial charge is 0.290 e. The Balaban J connectivity index is 2.97. The smallest absolute Gasteiger partial charge is 0.262 e. The van der Waals surface area contributed by atoms with Gasteiger partial charge < -0.3 is 0 Å². The minimum Gasteiger partial charge on any atom is -0.262 e. The average molecular weight is 176 g/mol. The molecule has 0 amide bonds. The summed E-state index contributed by atoms with van der Waals surface area (Å²) in [6.07, 6.45) is 0. The maximum absolute atomic E-state index is 10.8. The minimum atomic E-state index is -3.34. The van der Waals surface area contributed by atoms with Crippen molar-refractivity contribution >= 4 is 10.1 Å². The topological polar surface area (TPSA) is 43.4 Å². The van der Waals surface area contributed by atoms with Crippen molar-refractivity contribution in [2.75, 3.05) is 6.61 Å². The van der Waals surface area contributed by atoms with Gasteiger partial charge in [0.2, 0.25) is 0 Å². The van der Waals surface area contributed by atoms with Gasteiger partial charge in [-0.3, -0.25) is 4.18 Å². The van der Waals surface area contributed by atoms with Crippen molar-refractivity contribution in [2.24, 2.45) is 5.41 Å². The van der Waals surface area contributed by atoms with Crippen molar-refractivity contribution in [3.05, 3.63) is 11.0 Å². The fourth-order valence-corrected chi connectivity index (χ4v) is 1.91. The molecule has 0 aromatic heterocycles. The van der Waals surface area contributed by atoms with Crippen LogP contribution in [0.5, 0.6) is 0 Å². The molecule has 0 radical (unpaired) electrons. The lowest BCUT2D eigenvalue weighted by Gasteiger charge is -2.17. The first kappa shape index (κ1) is 8.74. The molecule has 11 heavy (non-hydrogen) atoms. The Labute approximate surface area is 67.2 Å². The van der Waals surface area contributed by atoms with Gasteiger partial charge in [0.1, 0.15) is 0 Å². The molecular formula is C7H12O3S. The third-order valence-electron chi connectivity index (χ3n) is 1.63. The van der Waals surface area contributed by atoms with Gasteiger partial charge in [-0.05, 0) is 11.0 Å². The summed E-state index contributed by atoms with van der Waals surface area (Å²) in [6.45, 7) is 6.10. The first-order valence-electron chi connectivity index (χ1n) is 3.42. The lowest BCUT2D eigenvalue weighted by atomic mass is 9.88. The first-order valence-corrected chi connectivity index (χ1v) is 4.89. The Bertz CT molecular complexity index is 279. The predicted molar refractivity (Wildman–Crippen MR) is 42.4 cm³/mol. The van der Waals surface area contributed by atoms with Crippen LogP contribution in [0.4, 0.5) is 0 Å². The molecule has 1 aliphatic heterocycles. The highest BCUT2D eigenvalue weighted by molar-refractivity contribution is 7.89. The quantitative estimate of drug-likeness (QED) is 0.522. The molecule has 1 heterocycles. The van der Waals surface area contributed by atoms with E-state index in [0.717, 1.165) is 5.57 Å². The highest BCUT2D eigenvalue weighted by Crippen LogP contribution is 2.30. The van der Waals surface area contributed by atoms with E-state index in [9.17, 15) is 8.42 Å². The van der Waals surface area contributed by atoms with E-state index in [0.29, 0.717) is 0 Å². The minimum absolute atomic E-state index is 0.108. The standard InChI is InChI=1S/C7H12O3S/c1-7(2,3)6-4-10-11(8,9)5-6/h5H,4H2,1-3H3. The van der Waals surface area contributed by atoms with Crippen molar-refractivity contribution in [3.63, 3.8) is 0 Å². The van der Waals surface area contributed by atoms with Gasteiger partial charge in [0.05, 0.1) is 12.0 Å². The molecule has 0 saturated carbocycles. The Hall–Kier alpha value is -0.350. The van der Waals surface area contributed by atoms with Crippen LogP contribution in [-0.4, -0.2) is 15.0 Å². The van der Waals surface area contributed by atoms with E-state index in [1.807, 2.05) is 20.8 Å². The Morgan fingerprint density at radius 1 is 1.45 bits per heavy atom. The van der Waals surface area contributed by atoms with E-state index in [-0.39, 0.29) is 12.0 Å². The molecule has 0 aromatic carbocycles. The first-order chi connectivity index (χ1) is 4.81. The maximum Gasteiger partial charge on any atom is 0.290 e. The third-order valence-corrected chi connectivity index (χ3v) is 2.65. The van der Waals surface area contributed by atoms with Gasteiger partial charge in [-0.1, -0.05) is 20.8 Å². The van der Waals surface area contributed by atoms with Crippen molar-refractivity contribution in [3.8, 4) is 0 Å². The van der Waals surface area contributed by atoms with Crippen molar-refractivity contribution in [1.29, 1.82) is 0 Å². The SMILES string of the molecule is CC(C)(C)C1=CS(=O)(=O)OC1. The maximum atomic E-state index is 10.8. The summed E-state index contributed by atoms with van der Waals surface area (Å²) in [5.41, 5.74) is 0.723. The normalized spacial score (nSPS) is 23.4. The van der Waals surface area contributed by atoms with Gasteiger partial charge >= 0.3 is 0 Å². The monoisotopic (exact) mass is 176 g/mol. The van der Waals surface area contributed by atoms with Crippen LogP contribution in [0.15, 0.2) is 11.0 Å². The molecule has 64 valence electrons. The van der Waals surface area contributed by atoms with Crippen LogP contribution in [0, 0.1) is 5.41 Å². The zero-order valence-corrected chi connectivity index (χ0v) is 7.73. The van der Waals surface area contributed by atoms with Gasteiger partial charge in [-0.2, -0.15) is 8.42 Å². The van der Waals surface area contributed by atoms with Crippen LogP contribution in [0.3, 0.4) is 0 Å². The molecule has 0 spiro atoms. The van der Waals surface area contributed by atoms with E-state index in [2.05, 4.69) is 4.18 Å². The van der Waals surface area contributed by atoms with Crippen molar-refractivity contribution < 1.29 is 12.6 Å². The molecule has 1 rings (SSSR count). The molecule has 0 N–H and O–H groups in total. The second-order valence-electron chi connectivity index (χ2n) is 3.65. The van der Waals surface area contributed by atoms with Crippen LogP contribution in [0.25, 0.3) is 0 Å². The highest BCUT2D eigenvalue weighted by atomic mass is 32.2. The Morgan fingerprint density at radius 2 is 2.00 bits per heavy atom. The number of hydrogen-bond donors (Lipinski definition) is 0. The molecule has 1 aliphatic rings. The average Bonchev–Trinajstić information content (AvgIpc) is 2.07. The second kappa shape index (κ2) is 2.32. The van der Waals surface area contributed by atoms with Crippen LogP contribution in [0.2, 0.25) is 0 Å². The van der Waals surface area contributed by atoms with E-state index in [1.165, 1.54) is 5.41 Å². The lowest BCUT2D eigenvalue weighted by molar-refractivity contribution is 0.337. The van der Waals surface area contributed by atoms with Crippen molar-refractivity contribution in [1.82, 2.24) is 0 Å². The van der Waals surface area contributed by atoms with Crippen LogP contribution in [-0.2, 0) is 14.3 Å². The molecule has 0 aromatic rings. The molecule has 0 aliphatic carbocycles. The van der Waals surface area contributed by atoms with E-state index in [1.54, 1.807) is 0 Å². The molecule has 0 fully saturated rings. The summed E-state index contributed by atoms with van der Waals surface area (Å²) in [5, 5.41) is 1.22. The molecule has 0 atom stereocenters. The van der Waals surface area contributed by atoms with Crippen LogP contribution >= 0.6 is 0 Å². The summed E-state index contributed by atoms with van der Waals surface area (Å²) in [6, 6.07) is 0. The van der Waals surface area contributed by atoms with Crippen LogP contribution in [0.1, 0.15) is 20.8 Å². The lowest BCUT2D eigenvalue weighted by Crippen LogP contribution is -2.10. The Kier molecular flexibility index (Phi) is 1.84. The zero-order valence-electron chi connectivity index (χ0n) is 6.92. The van der Waals surface area contributed by atoms with E-state index in [4.69, 9.17) is 0 Å². The molecular weight excluding hydrogens is 164 g/mol. The molecule has 0 unspecified atom stereocenters. The summed E-state index contributed by atoms with van der Waals surface area (Å²) in [7, 11) is -3.34. The fraction of sp³-hybridized carbons (Fsp3) is 0.714. The highest BCUT2D eigenvalue weighted by Gasteiger charge is 2.27. The zero-order chi connectivity index (χ0) is 8.70. The summed E-state index contributed by atoms with van der Waals surface area (Å²) >= 11 is 0. The van der Waals surface area contributed by atoms with Gasteiger partial charge in [0.25, 0.3) is 10.1 Å². The summed E-state index contributed by atoms with van der Waals surface area (Å²) in [5.74, 6) is 0. The van der Waals surface area contributed by atoms with Gasteiger partial charge in [-0.25, -0.2) is 0 Å². The Morgan fingerprint density at radius 3 is 2.18 bits per heavy atom.